The zero-order valence-corrected chi connectivity index (χ0v) is 11.0. The summed E-state index contributed by atoms with van der Waals surface area (Å²) in [4.78, 5) is 10.3. The van der Waals surface area contributed by atoms with Gasteiger partial charge in [0, 0.05) is 17.7 Å². The second-order valence-electron chi connectivity index (χ2n) is 4.73. The number of nitro groups is 1. The topological polar surface area (TPSA) is 61.6 Å². The summed E-state index contributed by atoms with van der Waals surface area (Å²) in [6.45, 7) is 0.643. The highest BCUT2D eigenvalue weighted by atomic mass is 19.1. The first kappa shape index (κ1) is 13.4. The van der Waals surface area contributed by atoms with E-state index in [0.29, 0.717) is 6.61 Å². The summed E-state index contributed by atoms with van der Waals surface area (Å²) >= 11 is 0. The summed E-state index contributed by atoms with van der Waals surface area (Å²) in [5.41, 5.74) is 0.750. The van der Waals surface area contributed by atoms with Crippen LogP contribution in [0.4, 0.5) is 10.1 Å². The van der Waals surface area contributed by atoms with Crippen molar-refractivity contribution in [1.82, 2.24) is 0 Å². The molecular formula is C15H12FNO4. The van der Waals surface area contributed by atoms with E-state index >= 15 is 0 Å². The van der Waals surface area contributed by atoms with E-state index in [1.54, 1.807) is 0 Å². The molecule has 0 N–H and O–H groups in total. The van der Waals surface area contributed by atoms with E-state index in [9.17, 15) is 14.5 Å². The Hall–Kier alpha value is -2.63. The molecule has 1 aliphatic heterocycles. The molecule has 2 aromatic carbocycles. The Morgan fingerprint density at radius 2 is 2.14 bits per heavy atom. The van der Waals surface area contributed by atoms with Crippen molar-refractivity contribution in [3.63, 3.8) is 0 Å². The molecule has 3 rings (SSSR count). The number of nitrogens with zero attached hydrogens (tertiary/aromatic N) is 1. The fraction of sp³-hybridized carbons (Fsp3) is 0.200. The molecule has 0 amide bonds. The van der Waals surface area contributed by atoms with Gasteiger partial charge in [-0.25, -0.2) is 4.39 Å². The van der Waals surface area contributed by atoms with Gasteiger partial charge in [0.2, 0.25) is 0 Å². The van der Waals surface area contributed by atoms with Gasteiger partial charge in [0.1, 0.15) is 11.6 Å². The molecule has 0 saturated carbocycles. The Bertz CT molecular complexity index is 689. The normalized spacial score (nSPS) is 16.1. The Morgan fingerprint density at radius 3 is 2.95 bits per heavy atom. The molecule has 1 atom stereocenters. The number of nitro benzene ring substituents is 1. The lowest BCUT2D eigenvalue weighted by molar-refractivity contribution is -0.385. The van der Waals surface area contributed by atoms with Crippen molar-refractivity contribution >= 4 is 5.69 Å². The van der Waals surface area contributed by atoms with Gasteiger partial charge in [0.05, 0.1) is 24.1 Å². The highest BCUT2D eigenvalue weighted by molar-refractivity contribution is 5.46. The van der Waals surface area contributed by atoms with Crippen LogP contribution in [0.15, 0.2) is 42.5 Å². The lowest BCUT2D eigenvalue weighted by Gasteiger charge is -2.11. The van der Waals surface area contributed by atoms with E-state index < -0.39 is 10.7 Å². The average Bonchev–Trinajstić information content (AvgIpc) is 2.88. The van der Waals surface area contributed by atoms with Gasteiger partial charge in [0.15, 0.2) is 5.75 Å². The van der Waals surface area contributed by atoms with Gasteiger partial charge in [-0.2, -0.15) is 0 Å². The third-order valence-electron chi connectivity index (χ3n) is 3.36. The number of benzene rings is 2. The highest BCUT2D eigenvalue weighted by Gasteiger charge is 2.25. The second kappa shape index (κ2) is 5.40. The Labute approximate surface area is 120 Å². The second-order valence-corrected chi connectivity index (χ2v) is 4.73. The molecule has 5 nitrogen and oxygen atoms in total. The fourth-order valence-electron chi connectivity index (χ4n) is 2.31. The lowest BCUT2D eigenvalue weighted by atomic mass is 10.0. The molecule has 0 saturated heterocycles. The first-order valence-corrected chi connectivity index (χ1v) is 6.43. The first-order chi connectivity index (χ1) is 10.1. The quantitative estimate of drug-likeness (QED) is 0.640. The van der Waals surface area contributed by atoms with Crippen LogP contribution in [0.25, 0.3) is 0 Å². The maximum atomic E-state index is 13.2. The van der Waals surface area contributed by atoms with E-state index in [4.69, 9.17) is 9.47 Å². The van der Waals surface area contributed by atoms with Crippen molar-refractivity contribution < 1.29 is 18.8 Å². The van der Waals surface area contributed by atoms with Gasteiger partial charge in [-0.3, -0.25) is 10.1 Å². The number of halogens is 1. The minimum Gasteiger partial charge on any atom is -0.493 e. The molecule has 0 radical (unpaired) electrons. The minimum absolute atomic E-state index is 0.0240. The lowest BCUT2D eigenvalue weighted by Crippen LogP contribution is -2.12. The van der Waals surface area contributed by atoms with Crippen LogP contribution in [0.2, 0.25) is 0 Å². The molecule has 108 valence electrons. The zero-order chi connectivity index (χ0) is 14.8. The van der Waals surface area contributed by atoms with Crippen molar-refractivity contribution in [2.24, 2.45) is 0 Å². The van der Waals surface area contributed by atoms with Crippen LogP contribution < -0.4 is 9.47 Å². The standard InChI is InChI=1S/C15H12FNO4/c16-11-5-6-13(17(18)19)15(7-11)21-9-10-8-20-14-4-2-1-3-12(10)14/h1-7,10H,8-9H2. The Kier molecular flexibility index (Phi) is 3.43. The predicted molar refractivity (Wildman–Crippen MR) is 73.2 cm³/mol. The Morgan fingerprint density at radius 1 is 1.33 bits per heavy atom. The van der Waals surface area contributed by atoms with Crippen molar-refractivity contribution in [2.45, 2.75) is 5.92 Å². The maximum Gasteiger partial charge on any atom is 0.311 e. The Balaban J connectivity index is 1.77. The summed E-state index contributed by atoms with van der Waals surface area (Å²) in [6.07, 6.45) is 0. The van der Waals surface area contributed by atoms with E-state index in [-0.39, 0.29) is 24.0 Å². The highest BCUT2D eigenvalue weighted by Crippen LogP contribution is 2.35. The number of rotatable bonds is 4. The van der Waals surface area contributed by atoms with E-state index in [1.165, 1.54) is 0 Å². The van der Waals surface area contributed by atoms with Gasteiger partial charge < -0.3 is 9.47 Å². The first-order valence-electron chi connectivity index (χ1n) is 6.43. The molecule has 0 bridgehead atoms. The largest absolute Gasteiger partial charge is 0.493 e. The number of hydrogen-bond acceptors (Lipinski definition) is 4. The minimum atomic E-state index is -0.589. The van der Waals surface area contributed by atoms with Crippen LogP contribution in [-0.2, 0) is 0 Å². The van der Waals surface area contributed by atoms with Crippen molar-refractivity contribution in [3.05, 3.63) is 64.0 Å². The summed E-state index contributed by atoms with van der Waals surface area (Å²) in [5, 5.41) is 10.9. The van der Waals surface area contributed by atoms with E-state index in [2.05, 4.69) is 0 Å². The SMILES string of the molecule is O=[N+]([O-])c1ccc(F)cc1OCC1COc2ccccc21. The molecule has 0 spiro atoms. The van der Waals surface area contributed by atoms with Crippen LogP contribution in [0.1, 0.15) is 11.5 Å². The molecule has 1 aliphatic rings. The van der Waals surface area contributed by atoms with Gasteiger partial charge in [-0.1, -0.05) is 18.2 Å². The number of para-hydroxylation sites is 1. The molecule has 0 fully saturated rings. The van der Waals surface area contributed by atoms with Crippen LogP contribution in [0.5, 0.6) is 11.5 Å². The van der Waals surface area contributed by atoms with Crippen LogP contribution >= 0.6 is 0 Å². The van der Waals surface area contributed by atoms with E-state index in [0.717, 1.165) is 29.5 Å². The molecule has 1 heterocycles. The molecular weight excluding hydrogens is 277 g/mol. The molecule has 21 heavy (non-hydrogen) atoms. The molecule has 0 aromatic heterocycles. The predicted octanol–water partition coefficient (Wildman–Crippen LogP) is 3.29. The summed E-state index contributed by atoms with van der Waals surface area (Å²) in [6, 6.07) is 10.7. The van der Waals surface area contributed by atoms with Crippen molar-refractivity contribution in [3.8, 4) is 11.5 Å². The van der Waals surface area contributed by atoms with E-state index in [1.807, 2.05) is 24.3 Å². The maximum absolute atomic E-state index is 13.2. The van der Waals surface area contributed by atoms with Crippen molar-refractivity contribution in [2.75, 3.05) is 13.2 Å². The van der Waals surface area contributed by atoms with Crippen molar-refractivity contribution in [1.29, 1.82) is 0 Å². The molecule has 6 heteroatoms. The molecule has 0 aliphatic carbocycles. The summed E-state index contributed by atoms with van der Waals surface area (Å²) in [5.74, 6) is 0.131. The monoisotopic (exact) mass is 289 g/mol. The average molecular weight is 289 g/mol. The van der Waals surface area contributed by atoms with Gasteiger partial charge in [0.25, 0.3) is 0 Å². The van der Waals surface area contributed by atoms with Gasteiger partial charge in [-0.15, -0.1) is 0 Å². The third kappa shape index (κ3) is 2.65. The zero-order valence-electron chi connectivity index (χ0n) is 11.0. The smallest absolute Gasteiger partial charge is 0.311 e. The third-order valence-corrected chi connectivity index (χ3v) is 3.36. The number of fused-ring (bicyclic) bond motifs is 1. The molecule has 2 aromatic rings. The molecule has 1 unspecified atom stereocenters. The van der Waals surface area contributed by atoms with Crippen LogP contribution in [0.3, 0.4) is 0 Å². The van der Waals surface area contributed by atoms with Gasteiger partial charge in [-0.05, 0) is 12.1 Å². The summed E-state index contributed by atoms with van der Waals surface area (Å²) in [7, 11) is 0. The van der Waals surface area contributed by atoms with Gasteiger partial charge >= 0.3 is 5.69 Å². The number of ether oxygens (including phenoxy) is 2. The van der Waals surface area contributed by atoms with Crippen LogP contribution in [-0.4, -0.2) is 18.1 Å². The van der Waals surface area contributed by atoms with Crippen LogP contribution in [0, 0.1) is 15.9 Å². The fourth-order valence-corrected chi connectivity index (χ4v) is 2.31. The summed E-state index contributed by atoms with van der Waals surface area (Å²) < 4.78 is 24.2. The number of hydrogen-bond donors (Lipinski definition) is 0.